The first kappa shape index (κ1) is 14.1. The minimum atomic E-state index is -0.0612. The third-order valence-corrected chi connectivity index (χ3v) is 3.39. The van der Waals surface area contributed by atoms with Crippen molar-refractivity contribution < 1.29 is 4.79 Å². The molecule has 0 radical (unpaired) electrons. The average Bonchev–Trinajstić information content (AvgIpc) is 2.76. The third kappa shape index (κ3) is 4.83. The van der Waals surface area contributed by atoms with Gasteiger partial charge in [0, 0.05) is 11.4 Å². The van der Waals surface area contributed by atoms with Gasteiger partial charge < -0.3 is 10.2 Å². The molecule has 1 heterocycles. The maximum Gasteiger partial charge on any atom is 0.270 e. The quantitative estimate of drug-likeness (QED) is 0.757. The van der Waals surface area contributed by atoms with Crippen LogP contribution in [0.2, 0.25) is 0 Å². The Balaban J connectivity index is 2.21. The van der Waals surface area contributed by atoms with E-state index in [1.165, 1.54) is 11.5 Å². The largest absolute Gasteiger partial charge is 0.351 e. The van der Waals surface area contributed by atoms with Gasteiger partial charge in [0.15, 0.2) is 0 Å². The smallest absolute Gasteiger partial charge is 0.270 e. The zero-order chi connectivity index (χ0) is 12.7. The van der Waals surface area contributed by atoms with Crippen LogP contribution in [0.15, 0.2) is 6.07 Å². The summed E-state index contributed by atoms with van der Waals surface area (Å²) in [6, 6.07) is 1.82. The first-order valence-electron chi connectivity index (χ1n) is 6.11. The molecular weight excluding hydrogens is 234 g/mol. The van der Waals surface area contributed by atoms with Crippen molar-refractivity contribution >= 4 is 17.4 Å². The van der Waals surface area contributed by atoms with E-state index in [4.69, 9.17) is 0 Å². The van der Waals surface area contributed by atoms with Crippen LogP contribution < -0.4 is 5.32 Å². The van der Waals surface area contributed by atoms with Crippen LogP contribution in [0.25, 0.3) is 0 Å². The predicted molar refractivity (Wildman–Crippen MR) is 71.6 cm³/mol. The minimum absolute atomic E-state index is 0.0612. The number of carbonyl (C=O) groups excluding carboxylic acids is 1. The summed E-state index contributed by atoms with van der Waals surface area (Å²) >= 11 is 1.37. The van der Waals surface area contributed by atoms with Crippen molar-refractivity contribution in [2.45, 2.75) is 27.2 Å². The van der Waals surface area contributed by atoms with Crippen molar-refractivity contribution in [2.75, 3.05) is 26.2 Å². The Morgan fingerprint density at radius 3 is 2.71 bits per heavy atom. The Hall–Kier alpha value is -0.940. The van der Waals surface area contributed by atoms with Crippen molar-refractivity contribution in [3.05, 3.63) is 16.6 Å². The van der Waals surface area contributed by atoms with E-state index >= 15 is 0 Å². The summed E-state index contributed by atoms with van der Waals surface area (Å²) in [6.45, 7) is 10.1. The third-order valence-electron chi connectivity index (χ3n) is 2.69. The van der Waals surface area contributed by atoms with Crippen molar-refractivity contribution in [3.8, 4) is 0 Å². The number of nitrogens with zero attached hydrogens (tertiary/aromatic N) is 2. The lowest BCUT2D eigenvalue weighted by atomic mass is 10.3. The highest BCUT2D eigenvalue weighted by Gasteiger charge is 2.08. The second kappa shape index (κ2) is 7.40. The molecule has 0 saturated carbocycles. The van der Waals surface area contributed by atoms with Gasteiger partial charge in [0.1, 0.15) is 5.69 Å². The second-order valence-corrected chi connectivity index (χ2v) is 4.97. The fraction of sp³-hybridized carbons (Fsp3) is 0.667. The van der Waals surface area contributed by atoms with E-state index in [-0.39, 0.29) is 5.91 Å². The Bertz CT molecular complexity index is 347. The van der Waals surface area contributed by atoms with Crippen LogP contribution in [-0.2, 0) is 0 Å². The monoisotopic (exact) mass is 255 g/mol. The summed E-state index contributed by atoms with van der Waals surface area (Å²) in [5, 5.41) is 2.89. The lowest BCUT2D eigenvalue weighted by molar-refractivity contribution is 0.0948. The number of hydrogen-bond acceptors (Lipinski definition) is 4. The van der Waals surface area contributed by atoms with Gasteiger partial charge in [-0.2, -0.15) is 4.37 Å². The maximum absolute atomic E-state index is 11.7. The standard InChI is InChI=1S/C12H21N3OS/c1-4-15(5-2)8-6-7-13-12(16)11-9-10(3)17-14-11/h9H,4-8H2,1-3H3,(H,13,16). The number of aromatic nitrogens is 1. The fourth-order valence-corrected chi connectivity index (χ4v) is 2.15. The zero-order valence-corrected chi connectivity index (χ0v) is 11.6. The van der Waals surface area contributed by atoms with Gasteiger partial charge in [0.2, 0.25) is 0 Å². The Morgan fingerprint density at radius 1 is 1.47 bits per heavy atom. The number of rotatable bonds is 7. The van der Waals surface area contributed by atoms with Gasteiger partial charge in [-0.1, -0.05) is 13.8 Å². The molecule has 0 unspecified atom stereocenters. The van der Waals surface area contributed by atoms with Crippen molar-refractivity contribution in [1.29, 1.82) is 0 Å². The van der Waals surface area contributed by atoms with Crippen LogP contribution in [0, 0.1) is 6.92 Å². The van der Waals surface area contributed by atoms with E-state index in [2.05, 4.69) is 28.4 Å². The van der Waals surface area contributed by atoms with E-state index in [0.29, 0.717) is 12.2 Å². The zero-order valence-electron chi connectivity index (χ0n) is 10.8. The molecule has 0 aliphatic heterocycles. The predicted octanol–water partition coefficient (Wildman–Crippen LogP) is 1.91. The topological polar surface area (TPSA) is 45.2 Å². The molecule has 0 atom stereocenters. The van der Waals surface area contributed by atoms with Crippen LogP contribution in [0.3, 0.4) is 0 Å². The molecule has 1 aromatic heterocycles. The minimum Gasteiger partial charge on any atom is -0.351 e. The van der Waals surface area contributed by atoms with Gasteiger partial charge in [-0.25, -0.2) is 0 Å². The molecule has 0 bridgehead atoms. The molecule has 1 aromatic rings. The van der Waals surface area contributed by atoms with Crippen molar-refractivity contribution in [2.24, 2.45) is 0 Å². The Labute approximate surface area is 107 Å². The molecule has 5 heteroatoms. The number of amides is 1. The SMILES string of the molecule is CCN(CC)CCCNC(=O)c1cc(C)sn1. The molecule has 1 N–H and O–H groups in total. The van der Waals surface area contributed by atoms with E-state index < -0.39 is 0 Å². The van der Waals surface area contributed by atoms with Crippen LogP contribution in [0.4, 0.5) is 0 Å². The van der Waals surface area contributed by atoms with Gasteiger partial charge in [-0.15, -0.1) is 0 Å². The summed E-state index contributed by atoms with van der Waals surface area (Å²) in [7, 11) is 0. The maximum atomic E-state index is 11.7. The van der Waals surface area contributed by atoms with Crippen LogP contribution in [0.1, 0.15) is 35.6 Å². The van der Waals surface area contributed by atoms with Gasteiger partial charge in [-0.3, -0.25) is 4.79 Å². The number of hydrogen-bond donors (Lipinski definition) is 1. The molecule has 1 rings (SSSR count). The number of carbonyl (C=O) groups is 1. The lowest BCUT2D eigenvalue weighted by Gasteiger charge is -2.17. The molecule has 0 aliphatic carbocycles. The van der Waals surface area contributed by atoms with Gasteiger partial charge in [0.25, 0.3) is 5.91 Å². The summed E-state index contributed by atoms with van der Waals surface area (Å²) < 4.78 is 4.08. The number of aryl methyl sites for hydroxylation is 1. The first-order chi connectivity index (χ1) is 8.17. The molecule has 0 aliphatic rings. The summed E-state index contributed by atoms with van der Waals surface area (Å²) in [4.78, 5) is 15.1. The Morgan fingerprint density at radius 2 is 2.18 bits per heavy atom. The van der Waals surface area contributed by atoms with Crippen molar-refractivity contribution in [1.82, 2.24) is 14.6 Å². The highest BCUT2D eigenvalue weighted by atomic mass is 32.1. The van der Waals surface area contributed by atoms with E-state index in [1.807, 2.05) is 13.0 Å². The van der Waals surface area contributed by atoms with Gasteiger partial charge >= 0.3 is 0 Å². The molecular formula is C12H21N3OS. The lowest BCUT2D eigenvalue weighted by Crippen LogP contribution is -2.30. The highest BCUT2D eigenvalue weighted by Crippen LogP contribution is 2.07. The first-order valence-corrected chi connectivity index (χ1v) is 6.88. The molecule has 17 heavy (non-hydrogen) atoms. The molecule has 1 amide bonds. The number of nitrogens with one attached hydrogen (secondary N) is 1. The summed E-state index contributed by atoms with van der Waals surface area (Å²) in [6.07, 6.45) is 0.983. The molecule has 0 saturated heterocycles. The van der Waals surface area contributed by atoms with E-state index in [1.54, 1.807) is 0 Å². The van der Waals surface area contributed by atoms with E-state index in [9.17, 15) is 4.79 Å². The van der Waals surface area contributed by atoms with Crippen LogP contribution in [0.5, 0.6) is 0 Å². The second-order valence-electron chi connectivity index (χ2n) is 3.96. The molecule has 0 aromatic carbocycles. The average molecular weight is 255 g/mol. The summed E-state index contributed by atoms with van der Waals surface area (Å²) in [5.41, 5.74) is 0.537. The molecule has 96 valence electrons. The van der Waals surface area contributed by atoms with Crippen LogP contribution >= 0.6 is 11.5 Å². The van der Waals surface area contributed by atoms with Crippen molar-refractivity contribution in [3.63, 3.8) is 0 Å². The fourth-order valence-electron chi connectivity index (χ4n) is 1.61. The molecule has 0 fully saturated rings. The summed E-state index contributed by atoms with van der Waals surface area (Å²) in [5.74, 6) is -0.0612. The highest BCUT2D eigenvalue weighted by molar-refractivity contribution is 7.05. The molecule has 4 nitrogen and oxygen atoms in total. The van der Waals surface area contributed by atoms with Gasteiger partial charge in [-0.05, 0) is 50.6 Å². The Kier molecular flexibility index (Phi) is 6.15. The van der Waals surface area contributed by atoms with E-state index in [0.717, 1.165) is 30.9 Å². The van der Waals surface area contributed by atoms with Crippen LogP contribution in [-0.4, -0.2) is 41.4 Å². The molecule has 0 spiro atoms. The van der Waals surface area contributed by atoms with Gasteiger partial charge in [0.05, 0.1) is 0 Å². The normalized spacial score (nSPS) is 10.8.